The highest BCUT2D eigenvalue weighted by Gasteiger charge is 2.43. The second-order valence-corrected chi connectivity index (χ2v) is 8.20. The van der Waals surface area contributed by atoms with Gasteiger partial charge in [-0.25, -0.2) is 4.79 Å². The summed E-state index contributed by atoms with van der Waals surface area (Å²) < 4.78 is 37.2. The van der Waals surface area contributed by atoms with E-state index < -0.39 is 12.1 Å². The number of carbonyl (C=O) groups is 2. The summed E-state index contributed by atoms with van der Waals surface area (Å²) in [5.41, 5.74) is 1.27. The van der Waals surface area contributed by atoms with E-state index >= 15 is 0 Å². The number of aliphatic carboxylic acids is 1. The summed E-state index contributed by atoms with van der Waals surface area (Å²) in [4.78, 5) is 30.4. The zero-order valence-corrected chi connectivity index (χ0v) is 17.3. The molecule has 1 amide bonds. The van der Waals surface area contributed by atoms with Gasteiger partial charge in [0, 0.05) is 63.7 Å². The van der Waals surface area contributed by atoms with Crippen molar-refractivity contribution in [1.82, 2.24) is 14.8 Å². The largest absolute Gasteiger partial charge is 0.490 e. The third kappa shape index (κ3) is 6.39. The smallest absolute Gasteiger partial charge is 0.475 e. The molecule has 1 aromatic rings. The summed E-state index contributed by atoms with van der Waals surface area (Å²) in [5.74, 6) is -1.77. The number of carboxylic acid groups (broad SMARTS) is 1. The van der Waals surface area contributed by atoms with Crippen LogP contribution in [0.2, 0.25) is 0 Å². The number of pyridine rings is 1. The zero-order valence-electron chi connectivity index (χ0n) is 17.3. The summed E-state index contributed by atoms with van der Waals surface area (Å²) in [7, 11) is 0. The van der Waals surface area contributed by atoms with Gasteiger partial charge in [0.05, 0.1) is 0 Å². The van der Waals surface area contributed by atoms with Crippen LogP contribution in [0.4, 0.5) is 13.2 Å². The molecule has 7 nitrogen and oxygen atoms in total. The zero-order chi connectivity index (χ0) is 22.4. The van der Waals surface area contributed by atoms with E-state index in [1.54, 1.807) is 0 Å². The van der Waals surface area contributed by atoms with Crippen LogP contribution >= 0.6 is 0 Å². The second kappa shape index (κ2) is 10.4. The minimum Gasteiger partial charge on any atom is -0.475 e. The Bertz CT molecular complexity index is 741. The quantitative estimate of drug-likeness (QED) is 0.771. The molecular weight excluding hydrogens is 415 g/mol. The molecule has 3 saturated heterocycles. The highest BCUT2D eigenvalue weighted by Crippen LogP contribution is 2.33. The first-order chi connectivity index (χ1) is 14.8. The Morgan fingerprint density at radius 1 is 1.19 bits per heavy atom. The lowest BCUT2D eigenvalue weighted by Crippen LogP contribution is -2.53. The van der Waals surface area contributed by atoms with Gasteiger partial charge in [-0.15, -0.1) is 0 Å². The summed E-state index contributed by atoms with van der Waals surface area (Å²) >= 11 is 0. The molecule has 0 spiro atoms. The van der Waals surface area contributed by atoms with E-state index in [1.807, 2.05) is 18.5 Å². The predicted octanol–water partition coefficient (Wildman–Crippen LogP) is 2.71. The van der Waals surface area contributed by atoms with E-state index in [0.29, 0.717) is 30.3 Å². The first-order valence-corrected chi connectivity index (χ1v) is 10.6. The molecule has 0 aliphatic carbocycles. The normalized spacial score (nSPS) is 25.0. The van der Waals surface area contributed by atoms with Crippen molar-refractivity contribution in [2.45, 2.75) is 56.9 Å². The average Bonchev–Trinajstić information content (AvgIpc) is 3.14. The van der Waals surface area contributed by atoms with Crippen LogP contribution in [0.1, 0.15) is 37.7 Å². The van der Waals surface area contributed by atoms with Crippen molar-refractivity contribution in [3.63, 3.8) is 0 Å². The molecule has 172 valence electrons. The highest BCUT2D eigenvalue weighted by molar-refractivity contribution is 5.77. The Morgan fingerprint density at radius 2 is 1.90 bits per heavy atom. The molecule has 0 radical (unpaired) electrons. The van der Waals surface area contributed by atoms with Crippen molar-refractivity contribution < 1.29 is 32.6 Å². The number of alkyl halides is 3. The number of ether oxygens (including phenoxy) is 1. The van der Waals surface area contributed by atoms with Crippen LogP contribution in [-0.2, 0) is 20.9 Å². The molecule has 1 N–H and O–H groups in total. The molecule has 31 heavy (non-hydrogen) atoms. The Hall–Kier alpha value is -2.20. The summed E-state index contributed by atoms with van der Waals surface area (Å²) in [6.45, 7) is 4.68. The first-order valence-electron chi connectivity index (χ1n) is 10.6. The Balaban J connectivity index is 0.000000339. The lowest BCUT2D eigenvalue weighted by atomic mass is 9.92. The molecule has 1 aromatic heterocycles. The molecule has 3 aliphatic heterocycles. The standard InChI is InChI=1S/C19H27N3O2.C2HF3O2/c23-19-4-3-17-18(22(19)14-15-6-10-24-11-7-15)5-9-21(17)13-16-2-1-8-20-12-16;3-2(4,5)1(6)7/h1-2,8,12,15,17-18H,3-7,9-11,13-14H2;(H,6,7)/t17-,18-;/m0./s1. The third-order valence-electron chi connectivity index (χ3n) is 6.15. The molecule has 3 fully saturated rings. The van der Waals surface area contributed by atoms with Gasteiger partial charge in [-0.1, -0.05) is 6.07 Å². The lowest BCUT2D eigenvalue weighted by molar-refractivity contribution is -0.192. The van der Waals surface area contributed by atoms with Crippen molar-refractivity contribution in [1.29, 1.82) is 0 Å². The van der Waals surface area contributed by atoms with Gasteiger partial charge >= 0.3 is 12.1 Å². The number of hydrogen-bond donors (Lipinski definition) is 1. The van der Waals surface area contributed by atoms with Gasteiger partial charge in [0.2, 0.25) is 5.91 Å². The van der Waals surface area contributed by atoms with Gasteiger partial charge in [0.1, 0.15) is 0 Å². The van der Waals surface area contributed by atoms with E-state index in [9.17, 15) is 18.0 Å². The first kappa shape index (κ1) is 23.5. The third-order valence-corrected chi connectivity index (χ3v) is 6.15. The predicted molar refractivity (Wildman–Crippen MR) is 105 cm³/mol. The van der Waals surface area contributed by atoms with Gasteiger partial charge in [-0.05, 0) is 43.2 Å². The number of rotatable bonds is 4. The van der Waals surface area contributed by atoms with Crippen LogP contribution in [0.3, 0.4) is 0 Å². The molecule has 0 saturated carbocycles. The average molecular weight is 443 g/mol. The van der Waals surface area contributed by atoms with Gasteiger partial charge in [0.15, 0.2) is 0 Å². The Kier molecular flexibility index (Phi) is 7.88. The summed E-state index contributed by atoms with van der Waals surface area (Å²) in [6, 6.07) is 5.08. The SMILES string of the molecule is O=C(O)C(F)(F)F.O=C1CC[C@H]2[C@H](CCN2Cc2cccnc2)N1CC1CCOCC1. The Morgan fingerprint density at radius 3 is 2.52 bits per heavy atom. The molecule has 0 aromatic carbocycles. The molecule has 4 heterocycles. The van der Waals surface area contributed by atoms with Crippen LogP contribution in [0.15, 0.2) is 24.5 Å². The molecule has 2 atom stereocenters. The van der Waals surface area contributed by atoms with Crippen molar-refractivity contribution in [2.24, 2.45) is 5.92 Å². The minimum atomic E-state index is -5.08. The maximum absolute atomic E-state index is 12.5. The number of aromatic nitrogens is 1. The van der Waals surface area contributed by atoms with E-state index in [1.165, 1.54) is 5.56 Å². The van der Waals surface area contributed by atoms with Crippen LogP contribution < -0.4 is 0 Å². The van der Waals surface area contributed by atoms with Crippen molar-refractivity contribution in [3.8, 4) is 0 Å². The number of carboxylic acids is 1. The van der Waals surface area contributed by atoms with Gasteiger partial charge in [-0.3, -0.25) is 14.7 Å². The van der Waals surface area contributed by atoms with E-state index in [-0.39, 0.29) is 0 Å². The van der Waals surface area contributed by atoms with Crippen molar-refractivity contribution >= 4 is 11.9 Å². The van der Waals surface area contributed by atoms with Crippen molar-refractivity contribution in [3.05, 3.63) is 30.1 Å². The maximum atomic E-state index is 12.5. The van der Waals surface area contributed by atoms with Crippen LogP contribution in [0.5, 0.6) is 0 Å². The fraction of sp³-hybridized carbons (Fsp3) is 0.667. The topological polar surface area (TPSA) is 83.0 Å². The van der Waals surface area contributed by atoms with E-state index in [0.717, 1.165) is 58.5 Å². The molecule has 0 unspecified atom stereocenters. The lowest BCUT2D eigenvalue weighted by Gasteiger charge is -2.42. The van der Waals surface area contributed by atoms with Crippen LogP contribution in [-0.4, -0.2) is 76.3 Å². The number of hydrogen-bond acceptors (Lipinski definition) is 5. The minimum absolute atomic E-state index is 0.367. The van der Waals surface area contributed by atoms with Crippen LogP contribution in [0, 0.1) is 5.92 Å². The number of nitrogens with zero attached hydrogens (tertiary/aromatic N) is 3. The fourth-order valence-corrected chi connectivity index (χ4v) is 4.60. The number of piperidine rings is 1. The number of carbonyl (C=O) groups excluding carboxylic acids is 1. The van der Waals surface area contributed by atoms with Gasteiger partial charge < -0.3 is 14.7 Å². The van der Waals surface area contributed by atoms with E-state index in [4.69, 9.17) is 14.6 Å². The molecule has 3 aliphatic rings. The Labute approximate surface area is 179 Å². The summed E-state index contributed by atoms with van der Waals surface area (Å²) in [6.07, 6.45) is 3.72. The molecular formula is C21H28F3N3O4. The molecule has 10 heteroatoms. The second-order valence-electron chi connectivity index (χ2n) is 8.20. The number of halogens is 3. The monoisotopic (exact) mass is 443 g/mol. The van der Waals surface area contributed by atoms with Gasteiger partial charge in [-0.2, -0.15) is 13.2 Å². The fourth-order valence-electron chi connectivity index (χ4n) is 4.60. The number of fused-ring (bicyclic) bond motifs is 1. The number of likely N-dealkylation sites (tertiary alicyclic amines) is 2. The maximum Gasteiger partial charge on any atom is 0.490 e. The number of amides is 1. The van der Waals surface area contributed by atoms with Gasteiger partial charge in [0.25, 0.3) is 0 Å². The summed E-state index contributed by atoms with van der Waals surface area (Å²) in [5, 5.41) is 7.12. The van der Waals surface area contributed by atoms with Crippen LogP contribution in [0.25, 0.3) is 0 Å². The molecule has 4 rings (SSSR count). The van der Waals surface area contributed by atoms with E-state index in [2.05, 4.69) is 20.9 Å². The highest BCUT2D eigenvalue weighted by atomic mass is 19.4. The van der Waals surface area contributed by atoms with Crippen molar-refractivity contribution in [2.75, 3.05) is 26.3 Å². The molecule has 0 bridgehead atoms.